The molecule has 0 amide bonds. The number of piperazine rings is 2. The highest BCUT2D eigenvalue weighted by Gasteiger charge is 2.25. The van der Waals surface area contributed by atoms with E-state index in [0.29, 0.717) is 28.6 Å². The van der Waals surface area contributed by atoms with Gasteiger partial charge in [-0.2, -0.15) is 15.3 Å². The number of hydrogen-bond donors (Lipinski definition) is 4. The Bertz CT molecular complexity index is 7360. The molecule has 6 aromatic carbocycles. The third-order valence-corrected chi connectivity index (χ3v) is 23.3. The smallest absolute Gasteiger partial charge is 0.227 e. The van der Waals surface area contributed by atoms with Gasteiger partial charge in [-0.15, -0.1) is 0 Å². The molecule has 2 aliphatic heterocycles. The average molecular weight is 1830 g/mol. The third kappa shape index (κ3) is 22.3. The van der Waals surface area contributed by atoms with E-state index in [1.54, 1.807) is 120 Å². The largest absolute Gasteiger partial charge is 0.369 e. The molecular weight excluding hydrogens is 1730 g/mol. The van der Waals surface area contributed by atoms with E-state index < -0.39 is 0 Å². The lowest BCUT2D eigenvalue weighted by Gasteiger charge is -2.29. The van der Waals surface area contributed by atoms with Gasteiger partial charge in [0.05, 0.1) is 87.4 Å². The molecule has 1 aliphatic carbocycles. The number of aryl methyl sites for hydroxylation is 4. The normalized spacial score (nSPS) is 12.6. The van der Waals surface area contributed by atoms with Crippen molar-refractivity contribution in [1.29, 1.82) is 0 Å². The molecule has 0 unspecified atom stereocenters. The molecule has 1 saturated carbocycles. The van der Waals surface area contributed by atoms with Crippen LogP contribution in [0.1, 0.15) is 68.9 Å². The minimum Gasteiger partial charge on any atom is -0.369 e. The van der Waals surface area contributed by atoms with Crippen LogP contribution in [-0.4, -0.2) is 146 Å². The van der Waals surface area contributed by atoms with Crippen molar-refractivity contribution in [3.8, 4) is 113 Å². The standard InChI is InChI=1S/C26H25FN6.C25H24FN7.C20H16N4.C18H13FN4.C18H14N4.3CH4/c1-18-17-19(4-9-23(18)27)25-22(3-2-11-29-25)24-10-12-30-26(32-24)31-20-5-7-21(8-6-20)33-15-13-28-14-16-33;1-17-15-18(4-6-21(17)26)24-20(3-2-9-28-24)22-8-10-29-25(32-22)31-19-5-7-23(30-16-19)33-13-11-27-12-14-33;1-3-15(14-6-7-14)13-16(4-1)20-17(5-2-10-21-20)18-9-12-24-19(23-18)8-11-22-24;1-12-11-13(4-5-15(12)19)18-14(3-2-8-20-18)16-7-10-23-17(22-16)6-9-21-23;1-13-4-2-5-14(12-13)18-15(6-3-9-19-18)16-8-11-22-17(21-16)7-10-20-22;;;/h2-12,17,28H,13-16H2,1H3,(H,30,31,32);2-10,15-16,27H,11-14H2,1H3,(H,29,31,32);1-5,8-14H,6-7H2;2-11H,1H3;2-12H,1H3;3*1H4. The van der Waals surface area contributed by atoms with E-state index in [0.717, 1.165) is 205 Å². The fraction of sp³-hybridized carbons (Fsp3) is 0.164. The number of hydrogen-bond acceptors (Lipinski definition) is 22. The van der Waals surface area contributed by atoms with Crippen molar-refractivity contribution in [2.45, 2.75) is 68.7 Å². The van der Waals surface area contributed by atoms with Crippen molar-refractivity contribution < 1.29 is 13.2 Å². The number of fused-ring (bicyclic) bond motifs is 3. The van der Waals surface area contributed by atoms with Crippen molar-refractivity contribution >= 4 is 51.7 Å². The van der Waals surface area contributed by atoms with E-state index in [2.05, 4.69) is 176 Å². The molecule has 0 bridgehead atoms. The highest BCUT2D eigenvalue weighted by Crippen LogP contribution is 2.43. The molecule has 690 valence electrons. The summed E-state index contributed by atoms with van der Waals surface area (Å²) in [4.78, 5) is 64.2. The van der Waals surface area contributed by atoms with Gasteiger partial charge in [0.2, 0.25) is 11.9 Å². The Morgan fingerprint density at radius 2 is 0.681 bits per heavy atom. The summed E-state index contributed by atoms with van der Waals surface area (Å²) in [5.41, 5.74) is 27.6. The van der Waals surface area contributed by atoms with Gasteiger partial charge in [0.25, 0.3) is 0 Å². The first-order chi connectivity index (χ1) is 66.3. The maximum atomic E-state index is 13.8. The number of benzene rings is 6. The van der Waals surface area contributed by atoms with Crippen LogP contribution in [0.3, 0.4) is 0 Å². The van der Waals surface area contributed by atoms with E-state index in [9.17, 15) is 13.2 Å². The maximum absolute atomic E-state index is 13.8. The first-order valence-corrected chi connectivity index (χ1v) is 44.6. The fourth-order valence-electron chi connectivity index (χ4n) is 16.2. The summed E-state index contributed by atoms with van der Waals surface area (Å²) in [6, 6.07) is 79.2. The van der Waals surface area contributed by atoms with Crippen molar-refractivity contribution in [2.75, 3.05) is 72.8 Å². The van der Waals surface area contributed by atoms with E-state index >= 15 is 0 Å². The predicted molar refractivity (Wildman–Crippen MR) is 545 cm³/mol. The van der Waals surface area contributed by atoms with Crippen LogP contribution in [0.15, 0.2) is 335 Å². The van der Waals surface area contributed by atoms with Crippen LogP contribution in [-0.2, 0) is 0 Å². The van der Waals surface area contributed by atoms with Crippen molar-refractivity contribution in [3.63, 3.8) is 0 Å². The topological polar surface area (TPSA) is 274 Å². The zero-order chi connectivity index (χ0) is 91.9. The summed E-state index contributed by atoms with van der Waals surface area (Å²) >= 11 is 0. The monoisotopic (exact) mass is 1830 g/mol. The lowest BCUT2D eigenvalue weighted by molar-refractivity contribution is 0.585. The predicted octanol–water partition coefficient (Wildman–Crippen LogP) is 22.9. The summed E-state index contributed by atoms with van der Waals surface area (Å²) in [6.07, 6.45) is 27.6. The van der Waals surface area contributed by atoms with Crippen LogP contribution in [0.4, 0.5) is 47.9 Å². The Morgan fingerprint density at radius 1 is 0.312 bits per heavy atom. The summed E-state index contributed by atoms with van der Waals surface area (Å²) in [5.74, 6) is 1.99. The van der Waals surface area contributed by atoms with Gasteiger partial charge >= 0.3 is 0 Å². The number of nitrogens with zero attached hydrogens (tertiary/aromatic N) is 21. The van der Waals surface area contributed by atoms with Crippen LogP contribution in [0.2, 0.25) is 0 Å². The molecule has 4 N–H and O–H groups in total. The number of aromatic nitrogens is 19. The number of pyridine rings is 6. The molecule has 138 heavy (non-hydrogen) atoms. The van der Waals surface area contributed by atoms with Crippen LogP contribution in [0.25, 0.3) is 130 Å². The first kappa shape index (κ1) is 94.3. The number of anilines is 6. The average Bonchev–Trinajstić information content (AvgIpc) is 1.60. The molecule has 3 aliphatic rings. The van der Waals surface area contributed by atoms with E-state index in [1.807, 2.05) is 158 Å². The first-order valence-electron chi connectivity index (χ1n) is 44.6. The van der Waals surface area contributed by atoms with Crippen LogP contribution < -0.4 is 31.1 Å². The summed E-state index contributed by atoms with van der Waals surface area (Å²) < 4.78 is 46.3. The van der Waals surface area contributed by atoms with E-state index in [-0.39, 0.29) is 39.7 Å². The van der Waals surface area contributed by atoms with E-state index in [1.165, 1.54) is 47.9 Å². The number of rotatable bonds is 17. The molecule has 3 fully saturated rings. The SMILES string of the molecule is C.C.C.Cc1cc(-c2ncccc2-c2ccn3nccc3n2)ccc1F.Cc1cc(-c2ncccc2-c2ccnc(Nc3ccc(N4CCNCC4)cc3)n2)ccc1F.Cc1cc(-c2ncccc2-c2ccnc(Nc3ccc(N4CCNCC4)nc3)n2)ccc1F.Cc1cccc(-c2ncccc2-c2ccn3nccc3n2)c1.c1cc(-c2ncccc2-c2ccn3nccc3n2)cc(C2CC2)c1. The molecule has 28 heteroatoms. The lowest BCUT2D eigenvalue weighted by Crippen LogP contribution is -2.43. The van der Waals surface area contributed by atoms with Crippen molar-refractivity contribution in [3.05, 3.63) is 381 Å². The van der Waals surface area contributed by atoms with Gasteiger partial charge in [-0.05, 0) is 263 Å². The molecule has 0 spiro atoms. The fourth-order valence-corrected chi connectivity index (χ4v) is 16.2. The maximum Gasteiger partial charge on any atom is 0.227 e. The summed E-state index contributed by atoms with van der Waals surface area (Å²) in [5, 5.41) is 25.8. The Morgan fingerprint density at radius 3 is 1.07 bits per heavy atom. The van der Waals surface area contributed by atoms with Crippen molar-refractivity contribution in [2.24, 2.45) is 0 Å². The lowest BCUT2D eigenvalue weighted by atomic mass is 10.00. The van der Waals surface area contributed by atoms with Crippen molar-refractivity contribution in [1.82, 2.24) is 104 Å². The summed E-state index contributed by atoms with van der Waals surface area (Å²) in [6.45, 7) is 15.2. The van der Waals surface area contributed by atoms with E-state index in [4.69, 9.17) is 15.0 Å². The molecule has 0 radical (unpaired) electrons. The minimum absolute atomic E-state index is 0. The van der Waals surface area contributed by atoms with Gasteiger partial charge in [0, 0.05) is 200 Å². The molecule has 20 aromatic rings. The second-order valence-corrected chi connectivity index (χ2v) is 32.7. The Kier molecular flexibility index (Phi) is 30.0. The molecule has 0 atom stereocenters. The van der Waals surface area contributed by atoms with Gasteiger partial charge in [-0.3, -0.25) is 24.9 Å². The molecule has 2 saturated heterocycles. The Hall–Kier alpha value is -16.9. The second kappa shape index (κ2) is 43.9. The molecule has 14 aromatic heterocycles. The highest BCUT2D eigenvalue weighted by atomic mass is 19.1. The quantitative estimate of drug-likeness (QED) is 0.0659. The number of halogens is 3. The Labute approximate surface area is 799 Å². The zero-order valence-corrected chi connectivity index (χ0v) is 74.4. The van der Waals surface area contributed by atoms with Crippen LogP contribution >= 0.6 is 0 Å². The van der Waals surface area contributed by atoms with Gasteiger partial charge in [0.15, 0.2) is 16.9 Å². The molecule has 16 heterocycles. The van der Waals surface area contributed by atoms with Gasteiger partial charge < -0.3 is 31.1 Å². The third-order valence-electron chi connectivity index (χ3n) is 23.3. The van der Waals surface area contributed by atoms with Gasteiger partial charge in [0.1, 0.15) is 23.3 Å². The van der Waals surface area contributed by atoms with Crippen LogP contribution in [0, 0.1) is 45.1 Å². The molecule has 23 rings (SSSR count). The zero-order valence-electron chi connectivity index (χ0n) is 74.4. The number of nitrogens with one attached hydrogen (secondary N) is 4. The molecular formula is C110H104F3N25. The minimum atomic E-state index is -0.235. The van der Waals surface area contributed by atoms with Crippen LogP contribution in [0.5, 0.6) is 0 Å². The van der Waals surface area contributed by atoms with Gasteiger partial charge in [-0.25, -0.2) is 66.6 Å². The summed E-state index contributed by atoms with van der Waals surface area (Å²) in [7, 11) is 0. The highest BCUT2D eigenvalue weighted by molar-refractivity contribution is 5.85. The second-order valence-electron chi connectivity index (χ2n) is 32.7. The van der Waals surface area contributed by atoms with Gasteiger partial charge in [-0.1, -0.05) is 64.2 Å². The molecule has 25 nitrogen and oxygen atoms in total. The Balaban J connectivity index is 0.000000125.